The van der Waals surface area contributed by atoms with E-state index in [0.717, 1.165) is 25.1 Å². The van der Waals surface area contributed by atoms with E-state index in [-0.39, 0.29) is 11.8 Å². The predicted octanol–water partition coefficient (Wildman–Crippen LogP) is 1.11. The molecule has 1 aromatic rings. The fourth-order valence-corrected chi connectivity index (χ4v) is 2.35. The van der Waals surface area contributed by atoms with Crippen LogP contribution in [0.25, 0.3) is 0 Å². The molecule has 0 aliphatic heterocycles. The number of carbonyl (C=O) groups is 1. The lowest BCUT2D eigenvalue weighted by molar-refractivity contribution is -0.122. The number of nitrogens with two attached hydrogens (primary N) is 1. The highest BCUT2D eigenvalue weighted by Gasteiger charge is 2.29. The molecule has 106 valence electrons. The molecule has 5 heteroatoms. The largest absolute Gasteiger partial charge is 0.354 e. The molecule has 1 aliphatic carbocycles. The first-order valence-corrected chi connectivity index (χ1v) is 7.11. The van der Waals surface area contributed by atoms with Gasteiger partial charge in [-0.2, -0.15) is 0 Å². The van der Waals surface area contributed by atoms with Crippen molar-refractivity contribution in [3.8, 4) is 0 Å². The number of nitrogens with zero attached hydrogens (tertiary/aromatic N) is 2. The van der Waals surface area contributed by atoms with Gasteiger partial charge in [0.1, 0.15) is 0 Å². The molecule has 0 saturated heterocycles. The third-order valence-electron chi connectivity index (χ3n) is 3.78. The van der Waals surface area contributed by atoms with Crippen molar-refractivity contribution in [1.29, 1.82) is 0 Å². The number of nitrogens with one attached hydrogen (secondary N) is 1. The van der Waals surface area contributed by atoms with Crippen LogP contribution in [0.5, 0.6) is 0 Å². The van der Waals surface area contributed by atoms with Gasteiger partial charge >= 0.3 is 0 Å². The van der Waals surface area contributed by atoms with Gasteiger partial charge in [-0.3, -0.25) is 4.79 Å². The van der Waals surface area contributed by atoms with E-state index in [1.165, 1.54) is 0 Å². The maximum Gasteiger partial charge on any atom is 0.223 e. The van der Waals surface area contributed by atoms with E-state index in [4.69, 9.17) is 5.73 Å². The molecule has 5 nitrogen and oxygen atoms in total. The van der Waals surface area contributed by atoms with Gasteiger partial charge in [-0.05, 0) is 18.8 Å². The van der Waals surface area contributed by atoms with Gasteiger partial charge in [0, 0.05) is 43.4 Å². The van der Waals surface area contributed by atoms with Crippen molar-refractivity contribution in [2.75, 3.05) is 13.1 Å². The third kappa shape index (κ3) is 3.56. The minimum Gasteiger partial charge on any atom is -0.354 e. The van der Waals surface area contributed by atoms with E-state index in [0.29, 0.717) is 24.9 Å². The molecule has 1 fully saturated rings. The third-order valence-corrected chi connectivity index (χ3v) is 3.78. The van der Waals surface area contributed by atoms with Gasteiger partial charge in [-0.25, -0.2) is 4.98 Å². The van der Waals surface area contributed by atoms with Gasteiger partial charge < -0.3 is 15.6 Å². The molecule has 0 bridgehead atoms. The summed E-state index contributed by atoms with van der Waals surface area (Å²) < 4.78 is 2.10. The van der Waals surface area contributed by atoms with Gasteiger partial charge in [-0.15, -0.1) is 0 Å². The zero-order valence-electron chi connectivity index (χ0n) is 11.8. The maximum atomic E-state index is 11.6. The minimum atomic E-state index is 0.195. The van der Waals surface area contributed by atoms with Gasteiger partial charge in [-0.1, -0.05) is 13.8 Å². The van der Waals surface area contributed by atoms with Gasteiger partial charge in [0.05, 0.1) is 6.33 Å². The Morgan fingerprint density at radius 1 is 1.58 bits per heavy atom. The lowest BCUT2D eigenvalue weighted by Gasteiger charge is -2.20. The summed E-state index contributed by atoms with van der Waals surface area (Å²) in [5, 5.41) is 2.98. The Hall–Kier alpha value is -1.36. The first kappa shape index (κ1) is 14.1. The van der Waals surface area contributed by atoms with Crippen LogP contribution in [0.4, 0.5) is 0 Å². The molecular formula is C14H24N4O. The number of imidazole rings is 1. The zero-order valence-corrected chi connectivity index (χ0v) is 11.8. The Morgan fingerprint density at radius 2 is 2.32 bits per heavy atom. The SMILES string of the molecule is CC(C)C(CN)c1cncn1CCNC(=O)C1CC1. The van der Waals surface area contributed by atoms with Crippen LogP contribution in [-0.4, -0.2) is 28.5 Å². The number of amides is 1. The molecule has 0 radical (unpaired) electrons. The maximum absolute atomic E-state index is 11.6. The van der Waals surface area contributed by atoms with Crippen LogP contribution in [0, 0.1) is 11.8 Å². The highest BCUT2D eigenvalue weighted by atomic mass is 16.2. The first-order chi connectivity index (χ1) is 9.13. The lowest BCUT2D eigenvalue weighted by Crippen LogP contribution is -2.29. The normalized spacial score (nSPS) is 16.6. The van der Waals surface area contributed by atoms with Crippen LogP contribution in [-0.2, 0) is 11.3 Å². The van der Waals surface area contributed by atoms with E-state index in [9.17, 15) is 4.79 Å². The predicted molar refractivity (Wildman–Crippen MR) is 74.6 cm³/mol. The molecule has 19 heavy (non-hydrogen) atoms. The topological polar surface area (TPSA) is 72.9 Å². The number of hydrogen-bond donors (Lipinski definition) is 2. The highest BCUT2D eigenvalue weighted by molar-refractivity contribution is 5.80. The van der Waals surface area contributed by atoms with Crippen molar-refractivity contribution in [1.82, 2.24) is 14.9 Å². The van der Waals surface area contributed by atoms with Crippen molar-refractivity contribution in [2.24, 2.45) is 17.6 Å². The van der Waals surface area contributed by atoms with Crippen LogP contribution in [0.1, 0.15) is 38.3 Å². The van der Waals surface area contributed by atoms with Gasteiger partial charge in [0.25, 0.3) is 0 Å². The molecule has 0 aromatic carbocycles. The Balaban J connectivity index is 1.89. The van der Waals surface area contributed by atoms with Crippen LogP contribution in [0.3, 0.4) is 0 Å². The minimum absolute atomic E-state index is 0.195. The van der Waals surface area contributed by atoms with E-state index < -0.39 is 0 Å². The summed E-state index contributed by atoms with van der Waals surface area (Å²) in [6, 6.07) is 0. The Kier molecular flexibility index (Phi) is 4.58. The second kappa shape index (κ2) is 6.19. The monoisotopic (exact) mass is 264 g/mol. The molecular weight excluding hydrogens is 240 g/mol. The van der Waals surface area contributed by atoms with E-state index >= 15 is 0 Å². The number of hydrogen-bond acceptors (Lipinski definition) is 3. The van der Waals surface area contributed by atoms with Crippen molar-refractivity contribution < 1.29 is 4.79 Å². The zero-order chi connectivity index (χ0) is 13.8. The Morgan fingerprint density at radius 3 is 2.89 bits per heavy atom. The quantitative estimate of drug-likeness (QED) is 0.775. The van der Waals surface area contributed by atoms with E-state index in [1.807, 2.05) is 12.5 Å². The van der Waals surface area contributed by atoms with Crippen LogP contribution in [0.2, 0.25) is 0 Å². The summed E-state index contributed by atoms with van der Waals surface area (Å²) in [6.45, 7) is 6.39. The number of aromatic nitrogens is 2. The molecule has 1 atom stereocenters. The summed E-state index contributed by atoms with van der Waals surface area (Å²) in [5.74, 6) is 1.28. The van der Waals surface area contributed by atoms with Gasteiger partial charge in [0.2, 0.25) is 5.91 Å². The molecule has 0 spiro atoms. The average Bonchev–Trinajstić information content (AvgIpc) is 3.13. The van der Waals surface area contributed by atoms with Gasteiger partial charge in [0.15, 0.2) is 0 Å². The smallest absolute Gasteiger partial charge is 0.223 e. The molecule has 3 N–H and O–H groups in total. The fourth-order valence-electron chi connectivity index (χ4n) is 2.35. The number of rotatable bonds is 7. The molecule has 2 rings (SSSR count). The summed E-state index contributed by atoms with van der Waals surface area (Å²) in [5.41, 5.74) is 7.01. The average molecular weight is 264 g/mol. The van der Waals surface area contributed by atoms with E-state index in [1.54, 1.807) is 0 Å². The van der Waals surface area contributed by atoms with Crippen LogP contribution < -0.4 is 11.1 Å². The Labute approximate surface area is 114 Å². The summed E-state index contributed by atoms with van der Waals surface area (Å²) in [7, 11) is 0. The molecule has 1 unspecified atom stereocenters. The first-order valence-electron chi connectivity index (χ1n) is 7.11. The van der Waals surface area contributed by atoms with Crippen molar-refractivity contribution in [2.45, 2.75) is 39.2 Å². The van der Waals surface area contributed by atoms with Crippen LogP contribution >= 0.6 is 0 Å². The number of carbonyl (C=O) groups excluding carboxylic acids is 1. The lowest BCUT2D eigenvalue weighted by atomic mass is 9.93. The summed E-state index contributed by atoms with van der Waals surface area (Å²) >= 11 is 0. The van der Waals surface area contributed by atoms with Crippen LogP contribution in [0.15, 0.2) is 12.5 Å². The highest BCUT2D eigenvalue weighted by Crippen LogP contribution is 2.28. The van der Waals surface area contributed by atoms with Crippen molar-refractivity contribution >= 4 is 5.91 Å². The molecule has 1 saturated carbocycles. The van der Waals surface area contributed by atoms with Crippen molar-refractivity contribution in [3.05, 3.63) is 18.2 Å². The summed E-state index contributed by atoms with van der Waals surface area (Å²) in [6.07, 6.45) is 5.80. The molecule has 1 aliphatic rings. The summed E-state index contributed by atoms with van der Waals surface area (Å²) in [4.78, 5) is 15.8. The van der Waals surface area contributed by atoms with Crippen molar-refractivity contribution in [3.63, 3.8) is 0 Å². The van der Waals surface area contributed by atoms with E-state index in [2.05, 4.69) is 28.7 Å². The molecule has 1 heterocycles. The standard InChI is InChI=1S/C14H24N4O/c1-10(2)12(7-15)13-8-16-9-18(13)6-5-17-14(19)11-3-4-11/h8-12H,3-7,15H2,1-2H3,(H,17,19). The Bertz CT molecular complexity index is 423. The fraction of sp³-hybridized carbons (Fsp3) is 0.714. The second-order valence-corrected chi connectivity index (χ2v) is 5.66. The molecule has 1 aromatic heterocycles. The molecule has 1 amide bonds. The second-order valence-electron chi connectivity index (χ2n) is 5.66.